The fourth-order valence-corrected chi connectivity index (χ4v) is 4.14. The summed E-state index contributed by atoms with van der Waals surface area (Å²) in [5, 5.41) is 4.04. The van der Waals surface area contributed by atoms with E-state index < -0.39 is 0 Å². The van der Waals surface area contributed by atoms with E-state index in [0.717, 1.165) is 38.4 Å². The lowest BCUT2D eigenvalue weighted by atomic mass is 10.1. The predicted octanol–water partition coefficient (Wildman–Crippen LogP) is 2.27. The summed E-state index contributed by atoms with van der Waals surface area (Å²) in [7, 11) is 2.06. The highest BCUT2D eigenvalue weighted by molar-refractivity contribution is 5.92. The van der Waals surface area contributed by atoms with Crippen molar-refractivity contribution in [1.29, 1.82) is 0 Å². The van der Waals surface area contributed by atoms with Gasteiger partial charge in [0.15, 0.2) is 11.5 Å². The quantitative estimate of drug-likeness (QED) is 0.783. The van der Waals surface area contributed by atoms with Gasteiger partial charge in [-0.05, 0) is 38.4 Å². The van der Waals surface area contributed by atoms with Gasteiger partial charge in [-0.1, -0.05) is 35.5 Å². The van der Waals surface area contributed by atoms with Crippen LogP contribution in [0.3, 0.4) is 0 Å². The molecule has 0 unspecified atom stereocenters. The normalized spacial score (nSPS) is 20.2. The van der Waals surface area contributed by atoms with E-state index in [9.17, 15) is 4.79 Å². The van der Waals surface area contributed by atoms with Gasteiger partial charge in [0.25, 0.3) is 5.91 Å². The number of carbonyl (C=O) groups excluding carboxylic acids is 1. The lowest BCUT2D eigenvalue weighted by Crippen LogP contribution is -2.52. The van der Waals surface area contributed by atoms with Gasteiger partial charge in [0.2, 0.25) is 0 Å². The summed E-state index contributed by atoms with van der Waals surface area (Å²) < 4.78 is 5.44. The molecular formula is C21H28N4O2. The number of hydrogen-bond acceptors (Lipinski definition) is 5. The number of hydrogen-bond donors (Lipinski definition) is 0. The highest BCUT2D eigenvalue weighted by Gasteiger charge is 2.33. The third kappa shape index (κ3) is 4.39. The predicted molar refractivity (Wildman–Crippen MR) is 103 cm³/mol. The summed E-state index contributed by atoms with van der Waals surface area (Å²) in [5.41, 5.74) is 1.76. The molecule has 0 spiro atoms. The zero-order valence-corrected chi connectivity index (χ0v) is 16.0. The molecule has 27 heavy (non-hydrogen) atoms. The van der Waals surface area contributed by atoms with E-state index in [4.69, 9.17) is 4.52 Å². The molecular weight excluding hydrogens is 340 g/mol. The maximum Gasteiger partial charge on any atom is 0.276 e. The fourth-order valence-electron chi connectivity index (χ4n) is 4.14. The molecule has 0 radical (unpaired) electrons. The number of likely N-dealkylation sites (N-methyl/N-ethyl adjacent to an activating group) is 1. The molecule has 0 N–H and O–H groups in total. The first-order valence-corrected chi connectivity index (χ1v) is 9.90. The molecule has 2 fully saturated rings. The Hall–Kier alpha value is -2.18. The molecule has 3 heterocycles. The number of rotatable bonds is 6. The second-order valence-electron chi connectivity index (χ2n) is 7.74. The molecule has 1 aromatic carbocycles. The summed E-state index contributed by atoms with van der Waals surface area (Å²) in [6.45, 7) is 5.34. The van der Waals surface area contributed by atoms with Crippen molar-refractivity contribution in [1.82, 2.24) is 19.9 Å². The standard InChI is InChI=1S/C21H28N4O2/c1-23(11-9-17-6-3-2-4-7-17)16-19-14-20(22-27-19)21(26)25-13-12-24-10-5-8-18(24)15-25/h2-4,6-7,14,18H,5,8-13,15-16H2,1H3/t18-/m0/s1. The average molecular weight is 368 g/mol. The first-order valence-electron chi connectivity index (χ1n) is 9.90. The van der Waals surface area contributed by atoms with Crippen molar-refractivity contribution in [3.8, 4) is 0 Å². The van der Waals surface area contributed by atoms with Gasteiger partial charge in [-0.3, -0.25) is 14.6 Å². The van der Waals surface area contributed by atoms with Crippen molar-refractivity contribution in [2.75, 3.05) is 39.8 Å². The minimum Gasteiger partial charge on any atom is -0.359 e. The largest absolute Gasteiger partial charge is 0.359 e. The molecule has 2 aromatic rings. The van der Waals surface area contributed by atoms with Crippen LogP contribution in [-0.4, -0.2) is 71.6 Å². The van der Waals surface area contributed by atoms with Crippen molar-refractivity contribution >= 4 is 5.91 Å². The summed E-state index contributed by atoms with van der Waals surface area (Å²) >= 11 is 0. The second kappa shape index (κ2) is 8.23. The molecule has 0 aliphatic carbocycles. The number of nitrogens with zero attached hydrogens (tertiary/aromatic N) is 4. The number of amides is 1. The van der Waals surface area contributed by atoms with Crippen LogP contribution >= 0.6 is 0 Å². The van der Waals surface area contributed by atoms with Crippen LogP contribution in [-0.2, 0) is 13.0 Å². The summed E-state index contributed by atoms with van der Waals surface area (Å²) in [6.07, 6.45) is 3.43. The van der Waals surface area contributed by atoms with E-state index in [1.807, 2.05) is 17.0 Å². The van der Waals surface area contributed by atoms with Crippen molar-refractivity contribution in [2.45, 2.75) is 31.8 Å². The van der Waals surface area contributed by atoms with Gasteiger partial charge in [0.05, 0.1) is 6.54 Å². The smallest absolute Gasteiger partial charge is 0.276 e. The van der Waals surface area contributed by atoms with Crippen LogP contribution in [0.15, 0.2) is 40.9 Å². The van der Waals surface area contributed by atoms with Crippen molar-refractivity contribution in [3.05, 3.63) is 53.4 Å². The Bertz CT molecular complexity index is 761. The second-order valence-corrected chi connectivity index (χ2v) is 7.74. The van der Waals surface area contributed by atoms with Gasteiger partial charge in [-0.2, -0.15) is 0 Å². The van der Waals surface area contributed by atoms with Crippen molar-refractivity contribution in [2.24, 2.45) is 0 Å². The highest BCUT2D eigenvalue weighted by atomic mass is 16.5. The molecule has 0 bridgehead atoms. The first kappa shape index (κ1) is 18.2. The highest BCUT2D eigenvalue weighted by Crippen LogP contribution is 2.22. The summed E-state index contributed by atoms with van der Waals surface area (Å²) in [4.78, 5) is 19.4. The molecule has 1 atom stereocenters. The Morgan fingerprint density at radius 2 is 2.11 bits per heavy atom. The number of aromatic nitrogens is 1. The Labute approximate surface area is 160 Å². The Morgan fingerprint density at radius 1 is 1.26 bits per heavy atom. The third-order valence-electron chi connectivity index (χ3n) is 5.70. The van der Waals surface area contributed by atoms with Crippen LogP contribution in [0.25, 0.3) is 0 Å². The van der Waals surface area contributed by atoms with E-state index >= 15 is 0 Å². The fraction of sp³-hybridized carbons (Fsp3) is 0.524. The topological polar surface area (TPSA) is 52.8 Å². The molecule has 0 saturated carbocycles. The van der Waals surface area contributed by atoms with E-state index in [1.165, 1.54) is 24.9 Å². The van der Waals surface area contributed by atoms with E-state index in [2.05, 4.69) is 46.3 Å². The van der Waals surface area contributed by atoms with E-state index in [0.29, 0.717) is 18.3 Å². The number of fused-ring (bicyclic) bond motifs is 1. The first-order chi connectivity index (χ1) is 13.2. The SMILES string of the molecule is CN(CCc1ccccc1)Cc1cc(C(=O)N2CCN3CCC[C@H]3C2)no1. The maximum atomic E-state index is 12.8. The molecule has 144 valence electrons. The van der Waals surface area contributed by atoms with E-state index in [-0.39, 0.29) is 5.91 Å². The summed E-state index contributed by atoms with van der Waals surface area (Å²) in [6, 6.07) is 12.8. The molecule has 2 aliphatic rings. The van der Waals surface area contributed by atoms with Crippen LogP contribution in [0.2, 0.25) is 0 Å². The number of benzene rings is 1. The lowest BCUT2D eigenvalue weighted by molar-refractivity contribution is 0.0561. The van der Waals surface area contributed by atoms with Crippen molar-refractivity contribution < 1.29 is 9.32 Å². The van der Waals surface area contributed by atoms with Gasteiger partial charge in [0.1, 0.15) is 0 Å². The zero-order valence-electron chi connectivity index (χ0n) is 16.0. The van der Waals surface area contributed by atoms with E-state index in [1.54, 1.807) is 0 Å². The number of carbonyl (C=O) groups is 1. The number of piperazine rings is 1. The van der Waals surface area contributed by atoms with Gasteiger partial charge in [0, 0.05) is 38.3 Å². The molecule has 2 aliphatic heterocycles. The van der Waals surface area contributed by atoms with Crippen LogP contribution in [0.5, 0.6) is 0 Å². The molecule has 1 aromatic heterocycles. The van der Waals surface area contributed by atoms with Crippen LogP contribution in [0, 0.1) is 0 Å². The molecule has 6 nitrogen and oxygen atoms in total. The van der Waals surface area contributed by atoms with Gasteiger partial charge >= 0.3 is 0 Å². The monoisotopic (exact) mass is 368 g/mol. The Morgan fingerprint density at radius 3 is 2.96 bits per heavy atom. The van der Waals surface area contributed by atoms with Crippen molar-refractivity contribution in [3.63, 3.8) is 0 Å². The maximum absolute atomic E-state index is 12.8. The Kier molecular flexibility index (Phi) is 5.55. The molecule has 6 heteroatoms. The molecule has 1 amide bonds. The van der Waals surface area contributed by atoms with Gasteiger partial charge in [-0.25, -0.2) is 0 Å². The van der Waals surface area contributed by atoms with Gasteiger partial charge in [-0.15, -0.1) is 0 Å². The zero-order chi connectivity index (χ0) is 18.6. The van der Waals surface area contributed by atoms with Gasteiger partial charge < -0.3 is 9.42 Å². The van der Waals surface area contributed by atoms with Crippen LogP contribution in [0.4, 0.5) is 0 Å². The third-order valence-corrected chi connectivity index (χ3v) is 5.70. The average Bonchev–Trinajstić information content (AvgIpc) is 3.35. The minimum absolute atomic E-state index is 0.00323. The molecule has 4 rings (SSSR count). The summed E-state index contributed by atoms with van der Waals surface area (Å²) in [5.74, 6) is 0.747. The lowest BCUT2D eigenvalue weighted by Gasteiger charge is -2.37. The van der Waals surface area contributed by atoms with Crippen LogP contribution in [0.1, 0.15) is 34.7 Å². The Balaban J connectivity index is 1.29. The van der Waals surface area contributed by atoms with Crippen LogP contribution < -0.4 is 0 Å². The minimum atomic E-state index is 0.00323. The molecule has 2 saturated heterocycles.